The van der Waals surface area contributed by atoms with E-state index in [9.17, 15) is 26.4 Å². The lowest BCUT2D eigenvalue weighted by Gasteiger charge is -2.13. The molecule has 103 heavy (non-hydrogen) atoms. The summed E-state index contributed by atoms with van der Waals surface area (Å²) in [5.74, 6) is 0.136. The number of pyridine rings is 4. The molecule has 0 fully saturated rings. The third kappa shape index (κ3) is 18.5. The van der Waals surface area contributed by atoms with Gasteiger partial charge in [0, 0.05) is 143 Å². The summed E-state index contributed by atoms with van der Waals surface area (Å²) >= 11 is 0. The van der Waals surface area contributed by atoms with Crippen LogP contribution in [0.2, 0.25) is 0 Å². The molecule has 536 valence electrons. The summed E-state index contributed by atoms with van der Waals surface area (Å²) in [6.45, 7) is 19.1. The number of fused-ring (bicyclic) bond motifs is 4. The number of nitrogens with one attached hydrogen (secondary N) is 6. The number of carbonyl (C=O) groups is 2. The van der Waals surface area contributed by atoms with Crippen LogP contribution < -0.4 is 5.32 Å². The Morgan fingerprint density at radius 3 is 1.35 bits per heavy atom. The van der Waals surface area contributed by atoms with Gasteiger partial charge >= 0.3 is 0 Å². The van der Waals surface area contributed by atoms with Crippen LogP contribution >= 0.6 is 0 Å². The van der Waals surface area contributed by atoms with Crippen molar-refractivity contribution in [2.75, 3.05) is 5.75 Å². The number of aromatic amines is 4. The summed E-state index contributed by atoms with van der Waals surface area (Å²) in [7, 11) is -6.97. The third-order valence-electron chi connectivity index (χ3n) is 18.5. The molecule has 13 rings (SSSR count). The topological polar surface area (TPSA) is 306 Å². The summed E-state index contributed by atoms with van der Waals surface area (Å²) in [4.78, 5) is 54.7. The van der Waals surface area contributed by atoms with E-state index in [0.717, 1.165) is 162 Å². The van der Waals surface area contributed by atoms with Crippen molar-refractivity contribution in [1.82, 2.24) is 73.3 Å². The number of hydrogen-bond acceptors (Lipinski definition) is 14. The first-order valence-corrected chi connectivity index (χ1v) is 38.2. The zero-order valence-corrected chi connectivity index (χ0v) is 62.0. The zero-order valence-electron chi connectivity index (χ0n) is 60.4. The van der Waals surface area contributed by atoms with Gasteiger partial charge in [0.1, 0.15) is 22.6 Å². The maximum absolute atomic E-state index is 12.9. The van der Waals surface area contributed by atoms with E-state index in [2.05, 4.69) is 85.6 Å². The molecule has 6 N–H and O–H groups in total. The van der Waals surface area contributed by atoms with Gasteiger partial charge in [0.15, 0.2) is 0 Å². The number of hydrogen-bond donors (Lipinski definition) is 6. The number of amides is 1. The number of benzene rings is 2. The Morgan fingerprint density at radius 1 is 0.476 bits per heavy atom. The molecule has 0 saturated heterocycles. The first-order chi connectivity index (χ1) is 49.5. The molecule has 0 aliphatic heterocycles. The molecule has 22 nitrogen and oxygen atoms in total. The van der Waals surface area contributed by atoms with E-state index in [1.54, 1.807) is 36.4 Å². The van der Waals surface area contributed by atoms with E-state index < -0.39 is 20.0 Å². The highest BCUT2D eigenvalue weighted by Crippen LogP contribution is 2.29. The summed E-state index contributed by atoms with van der Waals surface area (Å²) in [6.07, 6.45) is 24.7. The summed E-state index contributed by atoms with van der Waals surface area (Å²) in [6, 6.07) is 35.1. The van der Waals surface area contributed by atoms with Crippen molar-refractivity contribution in [3.8, 4) is 0 Å². The van der Waals surface area contributed by atoms with E-state index in [1.165, 1.54) is 19.3 Å². The van der Waals surface area contributed by atoms with Crippen molar-refractivity contribution in [1.29, 1.82) is 5.41 Å². The van der Waals surface area contributed by atoms with Gasteiger partial charge in [-0.1, -0.05) is 93.8 Å². The average Bonchev–Trinajstić information content (AvgIpc) is 1.65. The highest BCUT2D eigenvalue weighted by Gasteiger charge is 2.25. The Labute approximate surface area is 602 Å². The fourth-order valence-corrected chi connectivity index (χ4v) is 15.9. The number of carbonyl (C=O) groups excluding carboxylic acids is 2. The number of nitrogens with zero attached hydrogens (tertiary/aromatic N) is 10. The molecule has 0 atom stereocenters. The van der Waals surface area contributed by atoms with Gasteiger partial charge in [-0.3, -0.25) is 9.59 Å². The van der Waals surface area contributed by atoms with Gasteiger partial charge in [-0.25, -0.2) is 41.5 Å². The Balaban J connectivity index is 0.000000148. The largest absolute Gasteiger partial charge is 0.346 e. The molecule has 2 aromatic carbocycles. The van der Waals surface area contributed by atoms with Gasteiger partial charge in [0.2, 0.25) is 11.8 Å². The molecule has 0 aliphatic rings. The smallest absolute Gasteiger partial charge is 0.258 e. The predicted octanol–water partition coefficient (Wildman–Crippen LogP) is 15.0. The van der Waals surface area contributed by atoms with Gasteiger partial charge in [-0.2, -0.15) is 23.5 Å². The minimum Gasteiger partial charge on any atom is -0.346 e. The number of aromatic nitrogens is 14. The van der Waals surface area contributed by atoms with Gasteiger partial charge in [0.05, 0.1) is 40.0 Å². The van der Waals surface area contributed by atoms with Crippen LogP contribution in [0.5, 0.6) is 0 Å². The minimum absolute atomic E-state index is 0.00669. The molecular weight excluding hydrogens is 1330 g/mol. The van der Waals surface area contributed by atoms with Crippen molar-refractivity contribution in [2.24, 2.45) is 0 Å². The predicted molar refractivity (Wildman–Crippen MR) is 409 cm³/mol. The Hall–Kier alpha value is -10.7. The molecule has 0 unspecified atom stereocenters. The second-order valence-corrected chi connectivity index (χ2v) is 29.7. The van der Waals surface area contributed by atoms with Crippen LogP contribution in [0.15, 0.2) is 170 Å². The number of allylic oxidation sites excluding steroid dienone is 2. The van der Waals surface area contributed by atoms with Crippen molar-refractivity contribution in [3.05, 3.63) is 254 Å². The first-order valence-electron chi connectivity index (χ1n) is 35.0. The van der Waals surface area contributed by atoms with Crippen LogP contribution in [0.3, 0.4) is 0 Å². The van der Waals surface area contributed by atoms with Crippen LogP contribution in [0.1, 0.15) is 168 Å². The standard InChI is InChI=1S/C23H26N4O.C20H20N4O2S.C19H24N4O.C17H22N4O2S/c1-16(24)21(14-19-15-26-23-20(19)11-7-13-25-23)17(2)27-22(28)12-6-10-18-8-4-3-5-9-18;1-14-19(11-17-12-22-20-18(17)9-6-10-21-20)15(2)24(23-14)27(25,26)13-16-7-4-3-5-8-16;1-4-5-6-9-18(24)23-14(3)17(13(2)22-23)11-15-12-21-19-16(15)8-7-10-20-19;1-4-5-9-24(22,23)21-13(3)16(12(2)20-21)10-14-11-19-17-15(14)7-6-8-18-17/h3-5,7-9,11,13,15,24H,6,10,12,14H2,1-2H3,(H,25,26)(H,27,28);3-10,12H,11,13H2,1-2H3,(H,21,22);7-8,10,12H,4-6,9,11H2,1-3H3,(H,20,21);6-8,11H,4-5,9-10H2,1-3H3,(H,18,19)/b21-17-,24-16?;;;. The fraction of sp³-hybridized carbons (Fsp3) is 0.316. The molecule has 24 heteroatoms. The molecule has 0 saturated carbocycles. The molecule has 11 heterocycles. The third-order valence-corrected chi connectivity index (χ3v) is 21.8. The van der Waals surface area contributed by atoms with E-state index in [1.807, 2.05) is 171 Å². The summed E-state index contributed by atoms with van der Waals surface area (Å²) in [5.41, 5.74) is 19.6. The molecule has 0 aliphatic carbocycles. The van der Waals surface area contributed by atoms with Gasteiger partial charge < -0.3 is 30.7 Å². The van der Waals surface area contributed by atoms with Crippen LogP contribution in [0.4, 0.5) is 0 Å². The van der Waals surface area contributed by atoms with Crippen LogP contribution in [-0.4, -0.2) is 108 Å². The van der Waals surface area contributed by atoms with E-state index in [0.29, 0.717) is 55.6 Å². The minimum atomic E-state index is -3.58. The average molecular weight is 1430 g/mol. The lowest BCUT2D eigenvalue weighted by atomic mass is 10.00. The van der Waals surface area contributed by atoms with Crippen molar-refractivity contribution in [2.45, 2.75) is 158 Å². The van der Waals surface area contributed by atoms with Gasteiger partial charge in [-0.15, -0.1) is 0 Å². The Kier molecular flexibility index (Phi) is 25.0. The van der Waals surface area contributed by atoms with Crippen molar-refractivity contribution < 1.29 is 26.4 Å². The Bertz CT molecular complexity index is 5360. The lowest BCUT2D eigenvalue weighted by molar-refractivity contribution is -0.120. The monoisotopic (exact) mass is 1420 g/mol. The summed E-state index contributed by atoms with van der Waals surface area (Å²) in [5, 5.41) is 28.5. The van der Waals surface area contributed by atoms with E-state index in [-0.39, 0.29) is 23.3 Å². The second kappa shape index (κ2) is 34.3. The van der Waals surface area contributed by atoms with Gasteiger partial charge in [-0.05, 0) is 169 Å². The molecule has 0 spiro atoms. The highest BCUT2D eigenvalue weighted by atomic mass is 32.2. The van der Waals surface area contributed by atoms with E-state index in [4.69, 9.17) is 5.41 Å². The SMILES string of the molecule is CC(=N)/C(Cc1c[nH]c2ncccc12)=C(/C)NC(=O)CCCc1ccccc1.CCCCCC(=O)n1nc(C)c(Cc2c[nH]c3ncccc23)c1C.CCCCS(=O)(=O)n1nc(C)c(Cc2c[nH]c3ncccc23)c1C.Cc1nn(S(=O)(=O)Cc2ccccc2)c(C)c1Cc1c[nH]c2ncccc12. The number of rotatable bonds is 25. The van der Waals surface area contributed by atoms with Crippen LogP contribution in [-0.2, 0) is 62.7 Å². The van der Waals surface area contributed by atoms with Crippen LogP contribution in [0, 0.1) is 47.0 Å². The Morgan fingerprint density at radius 2 is 0.893 bits per heavy atom. The van der Waals surface area contributed by atoms with Crippen molar-refractivity contribution >= 4 is 81.7 Å². The zero-order chi connectivity index (χ0) is 73.4. The van der Waals surface area contributed by atoms with E-state index >= 15 is 0 Å². The molecule has 13 aromatic rings. The quantitative estimate of drug-likeness (QED) is 0.0229. The molecule has 11 aromatic heterocycles. The second-order valence-electron chi connectivity index (χ2n) is 26.0. The number of aryl methyl sites for hydroxylation is 4. The maximum atomic E-state index is 12.9. The van der Waals surface area contributed by atoms with Crippen molar-refractivity contribution in [3.63, 3.8) is 0 Å². The highest BCUT2D eigenvalue weighted by molar-refractivity contribution is 7.89. The van der Waals surface area contributed by atoms with Crippen LogP contribution in [0.25, 0.3) is 44.1 Å². The lowest BCUT2D eigenvalue weighted by Crippen LogP contribution is -2.24. The first kappa shape index (κ1) is 75.0. The molecular formula is C79H92N16O6S2. The number of unbranched alkanes of at least 4 members (excludes halogenated alkanes) is 3. The molecule has 0 bridgehead atoms. The number of H-pyrrole nitrogens is 4. The fourth-order valence-electron chi connectivity index (χ4n) is 12.8. The molecule has 0 radical (unpaired) electrons. The van der Waals surface area contributed by atoms with Gasteiger partial charge in [0.25, 0.3) is 20.0 Å². The normalized spacial score (nSPS) is 11.8. The summed E-state index contributed by atoms with van der Waals surface area (Å²) < 4.78 is 54.7. The molecule has 1 amide bonds. The maximum Gasteiger partial charge on any atom is 0.258 e.